The summed E-state index contributed by atoms with van der Waals surface area (Å²) >= 11 is 0. The lowest BCUT2D eigenvalue weighted by Crippen LogP contribution is -2.30. The number of esters is 3. The van der Waals surface area contributed by atoms with E-state index in [4.69, 9.17) is 14.2 Å². The van der Waals surface area contributed by atoms with E-state index >= 15 is 0 Å². The van der Waals surface area contributed by atoms with Gasteiger partial charge in [0.05, 0.1) is 0 Å². The summed E-state index contributed by atoms with van der Waals surface area (Å²) in [5.74, 6) is -0.822. The zero-order valence-electron chi connectivity index (χ0n) is 54.9. The smallest absolute Gasteiger partial charge is 0.306 e. The standard InChI is InChI=1S/C74H144O6/c1-4-7-10-13-16-19-22-24-26-28-30-32-34-36-38-40-42-44-46-48-50-52-55-58-61-64-67-73(76)79-70-71(69-78-72(75)66-63-60-57-54-21-18-15-12-9-6-3)80-74(77)68-65-62-59-56-53-51-49-47-45-43-41-39-37-35-33-31-29-27-25-23-20-17-14-11-8-5-2/h71H,4-70H2,1-3H3. The normalized spacial score (nSPS) is 11.9. The maximum atomic E-state index is 12.9. The minimum Gasteiger partial charge on any atom is -0.462 e. The molecule has 0 amide bonds. The van der Waals surface area contributed by atoms with Gasteiger partial charge in [-0.3, -0.25) is 14.4 Å². The fourth-order valence-electron chi connectivity index (χ4n) is 11.8. The van der Waals surface area contributed by atoms with Gasteiger partial charge in [-0.1, -0.05) is 400 Å². The number of unbranched alkanes of at least 4 members (excludes halogenated alkanes) is 59. The summed E-state index contributed by atoms with van der Waals surface area (Å²) in [4.78, 5) is 38.4. The molecule has 0 heterocycles. The molecule has 6 heteroatoms. The Balaban J connectivity index is 4.08. The lowest BCUT2D eigenvalue weighted by atomic mass is 10.0. The van der Waals surface area contributed by atoms with Gasteiger partial charge in [0.25, 0.3) is 0 Å². The van der Waals surface area contributed by atoms with Gasteiger partial charge in [-0.25, -0.2) is 0 Å². The summed E-state index contributed by atoms with van der Waals surface area (Å²) in [5.41, 5.74) is 0. The zero-order chi connectivity index (χ0) is 57.8. The van der Waals surface area contributed by atoms with Gasteiger partial charge in [0, 0.05) is 19.3 Å². The van der Waals surface area contributed by atoms with E-state index in [9.17, 15) is 14.4 Å². The van der Waals surface area contributed by atoms with Gasteiger partial charge in [-0.15, -0.1) is 0 Å². The minimum absolute atomic E-state index is 0.0604. The molecule has 0 aliphatic carbocycles. The first kappa shape index (κ1) is 78.4. The van der Waals surface area contributed by atoms with Crippen LogP contribution in [0, 0.1) is 0 Å². The van der Waals surface area contributed by atoms with Crippen LogP contribution in [0.4, 0.5) is 0 Å². The summed E-state index contributed by atoms with van der Waals surface area (Å²) in [7, 11) is 0. The predicted molar refractivity (Wildman–Crippen MR) is 349 cm³/mol. The van der Waals surface area contributed by atoms with Crippen molar-refractivity contribution < 1.29 is 28.6 Å². The number of rotatable bonds is 70. The van der Waals surface area contributed by atoms with Crippen LogP contribution in [0.15, 0.2) is 0 Å². The van der Waals surface area contributed by atoms with Gasteiger partial charge in [-0.2, -0.15) is 0 Å². The molecular formula is C74H144O6. The topological polar surface area (TPSA) is 78.9 Å². The maximum Gasteiger partial charge on any atom is 0.306 e. The number of carbonyl (C=O) groups excluding carboxylic acids is 3. The van der Waals surface area contributed by atoms with Crippen LogP contribution >= 0.6 is 0 Å². The average Bonchev–Trinajstić information content (AvgIpc) is 3.46. The maximum absolute atomic E-state index is 12.9. The van der Waals surface area contributed by atoms with Gasteiger partial charge in [0.2, 0.25) is 0 Å². The van der Waals surface area contributed by atoms with Crippen molar-refractivity contribution >= 4 is 17.9 Å². The molecule has 476 valence electrons. The first-order valence-corrected chi connectivity index (χ1v) is 37.0. The van der Waals surface area contributed by atoms with Crippen molar-refractivity contribution in [3.63, 3.8) is 0 Å². The summed E-state index contributed by atoms with van der Waals surface area (Å²) in [6.07, 6.45) is 83.1. The number of carbonyl (C=O) groups is 3. The van der Waals surface area contributed by atoms with Crippen LogP contribution < -0.4 is 0 Å². The van der Waals surface area contributed by atoms with Crippen LogP contribution in [0.5, 0.6) is 0 Å². The summed E-state index contributed by atoms with van der Waals surface area (Å²) in [6.45, 7) is 6.73. The monoisotopic (exact) mass is 1130 g/mol. The Kier molecular flexibility index (Phi) is 68.5. The number of hydrogen-bond donors (Lipinski definition) is 0. The van der Waals surface area contributed by atoms with E-state index in [0.717, 1.165) is 57.8 Å². The Morgan fingerprint density at radius 2 is 0.338 bits per heavy atom. The highest BCUT2D eigenvalue weighted by atomic mass is 16.6. The number of ether oxygens (including phenoxy) is 3. The molecule has 0 radical (unpaired) electrons. The molecule has 0 aromatic carbocycles. The highest BCUT2D eigenvalue weighted by molar-refractivity contribution is 5.71. The molecule has 0 aromatic rings. The van der Waals surface area contributed by atoms with Gasteiger partial charge in [0.1, 0.15) is 13.2 Å². The molecule has 1 unspecified atom stereocenters. The van der Waals surface area contributed by atoms with E-state index in [2.05, 4.69) is 20.8 Å². The molecule has 0 aromatic heterocycles. The van der Waals surface area contributed by atoms with Crippen LogP contribution in [-0.4, -0.2) is 37.2 Å². The Hall–Kier alpha value is -1.59. The van der Waals surface area contributed by atoms with E-state index in [1.807, 2.05) is 0 Å². The van der Waals surface area contributed by atoms with Crippen molar-refractivity contribution in [1.29, 1.82) is 0 Å². The van der Waals surface area contributed by atoms with E-state index < -0.39 is 6.10 Å². The molecular weight excluding hydrogens is 985 g/mol. The molecule has 0 fully saturated rings. The molecule has 0 rings (SSSR count). The molecule has 0 aliphatic rings. The van der Waals surface area contributed by atoms with Crippen LogP contribution in [0.2, 0.25) is 0 Å². The van der Waals surface area contributed by atoms with Crippen LogP contribution in [-0.2, 0) is 28.6 Å². The molecule has 0 saturated carbocycles. The first-order chi connectivity index (χ1) is 39.5. The van der Waals surface area contributed by atoms with Crippen molar-refractivity contribution in [2.24, 2.45) is 0 Å². The van der Waals surface area contributed by atoms with Gasteiger partial charge >= 0.3 is 17.9 Å². The Bertz CT molecular complexity index is 1200. The third kappa shape index (κ3) is 67.2. The average molecular weight is 1130 g/mol. The fraction of sp³-hybridized carbons (Fsp3) is 0.959. The zero-order valence-corrected chi connectivity index (χ0v) is 54.9. The third-order valence-electron chi connectivity index (χ3n) is 17.4. The highest BCUT2D eigenvalue weighted by Crippen LogP contribution is 2.20. The quantitative estimate of drug-likeness (QED) is 0.0343. The van der Waals surface area contributed by atoms with Crippen molar-refractivity contribution in [2.75, 3.05) is 13.2 Å². The van der Waals surface area contributed by atoms with Crippen LogP contribution in [0.3, 0.4) is 0 Å². The Morgan fingerprint density at radius 1 is 0.200 bits per heavy atom. The Morgan fingerprint density at radius 3 is 0.500 bits per heavy atom. The SMILES string of the molecule is CCCCCCCCCCCCCCCCCCCCCCCCCCCCC(=O)OCC(COC(=O)CCCCCCCCCCCC)OC(=O)CCCCCCCCCCCCCCCCCCCCCCCCCCCC. The van der Waals surface area contributed by atoms with Crippen molar-refractivity contribution in [3.05, 3.63) is 0 Å². The molecule has 0 spiro atoms. The third-order valence-corrected chi connectivity index (χ3v) is 17.4. The molecule has 0 saturated heterocycles. The molecule has 0 N–H and O–H groups in total. The largest absolute Gasteiger partial charge is 0.462 e. The minimum atomic E-state index is -0.763. The van der Waals surface area contributed by atoms with E-state index in [1.54, 1.807) is 0 Å². The van der Waals surface area contributed by atoms with Crippen molar-refractivity contribution in [1.82, 2.24) is 0 Å². The van der Waals surface area contributed by atoms with Crippen LogP contribution in [0.25, 0.3) is 0 Å². The molecule has 0 aliphatic heterocycles. The highest BCUT2D eigenvalue weighted by Gasteiger charge is 2.20. The predicted octanol–water partition coefficient (Wildman–Crippen LogP) is 25.4. The van der Waals surface area contributed by atoms with Gasteiger partial charge in [0.15, 0.2) is 6.10 Å². The van der Waals surface area contributed by atoms with Crippen LogP contribution in [0.1, 0.15) is 438 Å². The second-order valence-corrected chi connectivity index (χ2v) is 25.6. The first-order valence-electron chi connectivity index (χ1n) is 37.0. The van der Waals surface area contributed by atoms with E-state index in [0.29, 0.717) is 19.3 Å². The second-order valence-electron chi connectivity index (χ2n) is 25.6. The Labute approximate surface area is 501 Å². The van der Waals surface area contributed by atoms with Gasteiger partial charge in [-0.05, 0) is 19.3 Å². The summed E-state index contributed by atoms with van der Waals surface area (Å²) in [6, 6.07) is 0. The number of hydrogen-bond acceptors (Lipinski definition) is 6. The van der Waals surface area contributed by atoms with E-state index in [1.165, 1.54) is 340 Å². The second kappa shape index (κ2) is 69.9. The van der Waals surface area contributed by atoms with Crippen molar-refractivity contribution in [2.45, 2.75) is 444 Å². The molecule has 6 nitrogen and oxygen atoms in total. The van der Waals surface area contributed by atoms with Crippen molar-refractivity contribution in [3.8, 4) is 0 Å². The molecule has 80 heavy (non-hydrogen) atoms. The molecule has 0 bridgehead atoms. The summed E-state index contributed by atoms with van der Waals surface area (Å²) in [5, 5.41) is 0. The summed E-state index contributed by atoms with van der Waals surface area (Å²) < 4.78 is 17.0. The lowest BCUT2D eigenvalue weighted by Gasteiger charge is -2.18. The van der Waals surface area contributed by atoms with Gasteiger partial charge < -0.3 is 14.2 Å². The van der Waals surface area contributed by atoms with E-state index in [-0.39, 0.29) is 31.1 Å². The lowest BCUT2D eigenvalue weighted by molar-refractivity contribution is -0.167. The fourth-order valence-corrected chi connectivity index (χ4v) is 11.8. The molecule has 1 atom stereocenters.